The molecule has 2 heterocycles. The molecule has 2 aromatic rings. The first kappa shape index (κ1) is 17.9. The SMILES string of the molecule is COc1ccc([C@H](CN2CCN(C)CC2)NCc2cccnc2)cc1. The number of aromatic nitrogens is 1. The van der Waals surface area contributed by atoms with Crippen LogP contribution in [0.2, 0.25) is 0 Å². The largest absolute Gasteiger partial charge is 0.497 e. The lowest BCUT2D eigenvalue weighted by Gasteiger charge is -2.35. The Hall–Kier alpha value is -1.95. The highest BCUT2D eigenvalue weighted by Gasteiger charge is 2.19. The highest BCUT2D eigenvalue weighted by atomic mass is 16.5. The smallest absolute Gasteiger partial charge is 0.118 e. The molecule has 0 bridgehead atoms. The van der Waals surface area contributed by atoms with Gasteiger partial charge in [0.05, 0.1) is 7.11 Å². The van der Waals surface area contributed by atoms with Gasteiger partial charge in [0, 0.05) is 57.7 Å². The van der Waals surface area contributed by atoms with Crippen molar-refractivity contribution >= 4 is 0 Å². The van der Waals surface area contributed by atoms with Crippen molar-refractivity contribution in [1.29, 1.82) is 0 Å². The van der Waals surface area contributed by atoms with Crippen LogP contribution in [0.1, 0.15) is 17.2 Å². The normalized spacial score (nSPS) is 17.4. The predicted molar refractivity (Wildman–Crippen MR) is 101 cm³/mol. The standard InChI is InChI=1S/C20H28N4O/c1-23-10-12-24(13-11-23)16-20(18-5-7-19(25-2)8-6-18)22-15-17-4-3-9-21-14-17/h3-9,14,20,22H,10-13,15-16H2,1-2H3/t20-/m0/s1. The minimum Gasteiger partial charge on any atom is -0.497 e. The molecule has 0 amide bonds. The molecule has 25 heavy (non-hydrogen) atoms. The number of piperazine rings is 1. The third-order valence-corrected chi connectivity index (χ3v) is 4.83. The van der Waals surface area contributed by atoms with Crippen LogP contribution < -0.4 is 10.1 Å². The molecular weight excluding hydrogens is 312 g/mol. The van der Waals surface area contributed by atoms with E-state index >= 15 is 0 Å². The fourth-order valence-corrected chi connectivity index (χ4v) is 3.16. The Morgan fingerprint density at radius 3 is 2.52 bits per heavy atom. The number of pyridine rings is 1. The van der Waals surface area contributed by atoms with E-state index in [4.69, 9.17) is 4.74 Å². The predicted octanol–water partition coefficient (Wildman–Crippen LogP) is 2.17. The van der Waals surface area contributed by atoms with Gasteiger partial charge in [-0.25, -0.2) is 0 Å². The number of hydrogen-bond acceptors (Lipinski definition) is 5. The van der Waals surface area contributed by atoms with Crippen LogP contribution in [-0.4, -0.2) is 61.7 Å². The monoisotopic (exact) mass is 340 g/mol. The third-order valence-electron chi connectivity index (χ3n) is 4.83. The maximum atomic E-state index is 5.30. The van der Waals surface area contributed by atoms with Gasteiger partial charge in [0.2, 0.25) is 0 Å². The van der Waals surface area contributed by atoms with E-state index in [-0.39, 0.29) is 6.04 Å². The number of hydrogen-bond donors (Lipinski definition) is 1. The van der Waals surface area contributed by atoms with Gasteiger partial charge in [-0.2, -0.15) is 0 Å². The summed E-state index contributed by atoms with van der Waals surface area (Å²) in [7, 11) is 3.90. The molecule has 1 N–H and O–H groups in total. The van der Waals surface area contributed by atoms with Crippen LogP contribution in [0.4, 0.5) is 0 Å². The van der Waals surface area contributed by atoms with Crippen molar-refractivity contribution in [3.05, 3.63) is 59.9 Å². The molecule has 1 fully saturated rings. The Bertz CT molecular complexity index is 624. The summed E-state index contributed by atoms with van der Waals surface area (Å²) >= 11 is 0. The summed E-state index contributed by atoms with van der Waals surface area (Å²) in [5.74, 6) is 0.898. The molecule has 0 aliphatic carbocycles. The van der Waals surface area contributed by atoms with Gasteiger partial charge in [-0.3, -0.25) is 9.88 Å². The summed E-state index contributed by atoms with van der Waals surface area (Å²) in [6.45, 7) is 6.35. The van der Waals surface area contributed by atoms with Crippen molar-refractivity contribution in [2.24, 2.45) is 0 Å². The number of likely N-dealkylation sites (N-methyl/N-ethyl adjacent to an activating group) is 1. The molecule has 5 heteroatoms. The van der Waals surface area contributed by atoms with Crippen LogP contribution >= 0.6 is 0 Å². The summed E-state index contributed by atoms with van der Waals surface area (Å²) in [5.41, 5.74) is 2.50. The Kier molecular flexibility index (Phi) is 6.39. The van der Waals surface area contributed by atoms with Crippen LogP contribution in [0.3, 0.4) is 0 Å². The lowest BCUT2D eigenvalue weighted by Crippen LogP contribution is -2.47. The molecule has 1 aromatic carbocycles. The summed E-state index contributed by atoms with van der Waals surface area (Å²) in [4.78, 5) is 9.15. The molecule has 0 radical (unpaired) electrons. The van der Waals surface area contributed by atoms with Crippen molar-refractivity contribution in [3.63, 3.8) is 0 Å². The Morgan fingerprint density at radius 1 is 1.12 bits per heavy atom. The Labute approximate surface area is 150 Å². The third kappa shape index (κ3) is 5.26. The molecule has 5 nitrogen and oxygen atoms in total. The average Bonchev–Trinajstić information content (AvgIpc) is 2.67. The van der Waals surface area contributed by atoms with Crippen LogP contribution in [0.25, 0.3) is 0 Å². The van der Waals surface area contributed by atoms with E-state index in [9.17, 15) is 0 Å². The van der Waals surface area contributed by atoms with Gasteiger partial charge in [-0.15, -0.1) is 0 Å². The summed E-state index contributed by atoms with van der Waals surface area (Å²) in [5, 5.41) is 3.71. The second-order valence-corrected chi connectivity index (χ2v) is 6.67. The second kappa shape index (κ2) is 8.94. The van der Waals surface area contributed by atoms with Gasteiger partial charge in [0.15, 0.2) is 0 Å². The summed E-state index contributed by atoms with van der Waals surface area (Å²) < 4.78 is 5.30. The molecule has 1 aromatic heterocycles. The molecule has 0 unspecified atom stereocenters. The van der Waals surface area contributed by atoms with Crippen LogP contribution in [0.15, 0.2) is 48.8 Å². The topological polar surface area (TPSA) is 40.6 Å². The van der Waals surface area contributed by atoms with Crippen molar-refractivity contribution < 1.29 is 4.74 Å². The Morgan fingerprint density at radius 2 is 1.88 bits per heavy atom. The van der Waals surface area contributed by atoms with Gasteiger partial charge >= 0.3 is 0 Å². The Balaban J connectivity index is 1.68. The molecule has 1 atom stereocenters. The number of nitrogens with zero attached hydrogens (tertiary/aromatic N) is 3. The number of ether oxygens (including phenoxy) is 1. The van der Waals surface area contributed by atoms with Crippen LogP contribution in [0, 0.1) is 0 Å². The molecule has 1 aliphatic rings. The maximum absolute atomic E-state index is 5.30. The van der Waals surface area contributed by atoms with Crippen molar-refractivity contribution in [1.82, 2.24) is 20.1 Å². The van der Waals surface area contributed by atoms with Crippen LogP contribution in [0.5, 0.6) is 5.75 Å². The van der Waals surface area contributed by atoms with E-state index in [0.29, 0.717) is 0 Å². The number of methoxy groups -OCH3 is 1. The first-order valence-corrected chi connectivity index (χ1v) is 8.92. The summed E-state index contributed by atoms with van der Waals surface area (Å²) in [6, 6.07) is 12.8. The molecule has 1 saturated heterocycles. The van der Waals surface area contributed by atoms with E-state index in [1.54, 1.807) is 7.11 Å². The highest BCUT2D eigenvalue weighted by Crippen LogP contribution is 2.20. The zero-order valence-corrected chi connectivity index (χ0v) is 15.2. The molecular formula is C20H28N4O. The number of rotatable bonds is 7. The van der Waals surface area contributed by atoms with Crippen molar-refractivity contribution in [2.45, 2.75) is 12.6 Å². The van der Waals surface area contributed by atoms with E-state index in [1.165, 1.54) is 11.1 Å². The van der Waals surface area contributed by atoms with Gasteiger partial charge in [0.25, 0.3) is 0 Å². The lowest BCUT2D eigenvalue weighted by molar-refractivity contribution is 0.142. The zero-order valence-electron chi connectivity index (χ0n) is 15.2. The van der Waals surface area contributed by atoms with E-state index in [2.05, 4.69) is 45.3 Å². The fraction of sp³-hybridized carbons (Fsp3) is 0.450. The van der Waals surface area contributed by atoms with Gasteiger partial charge in [-0.05, 0) is 36.4 Å². The van der Waals surface area contributed by atoms with Gasteiger partial charge < -0.3 is 15.0 Å². The number of nitrogens with one attached hydrogen (secondary N) is 1. The minimum atomic E-state index is 0.287. The first-order valence-electron chi connectivity index (χ1n) is 8.92. The van der Waals surface area contributed by atoms with E-state index in [0.717, 1.165) is 45.0 Å². The molecule has 0 saturated carbocycles. The number of benzene rings is 1. The second-order valence-electron chi connectivity index (χ2n) is 6.67. The quantitative estimate of drug-likeness (QED) is 0.836. The molecule has 0 spiro atoms. The average molecular weight is 340 g/mol. The fourth-order valence-electron chi connectivity index (χ4n) is 3.16. The van der Waals surface area contributed by atoms with Crippen LogP contribution in [-0.2, 0) is 6.54 Å². The summed E-state index contributed by atoms with van der Waals surface area (Å²) in [6.07, 6.45) is 3.74. The highest BCUT2D eigenvalue weighted by molar-refractivity contribution is 5.29. The van der Waals surface area contributed by atoms with E-state index < -0.39 is 0 Å². The first-order chi connectivity index (χ1) is 12.2. The maximum Gasteiger partial charge on any atom is 0.118 e. The van der Waals surface area contributed by atoms with Gasteiger partial charge in [-0.1, -0.05) is 18.2 Å². The lowest BCUT2D eigenvalue weighted by atomic mass is 10.0. The van der Waals surface area contributed by atoms with Crippen molar-refractivity contribution in [3.8, 4) is 5.75 Å². The molecule has 134 valence electrons. The van der Waals surface area contributed by atoms with Gasteiger partial charge in [0.1, 0.15) is 5.75 Å². The van der Waals surface area contributed by atoms with E-state index in [1.807, 2.05) is 30.6 Å². The van der Waals surface area contributed by atoms with Crippen molar-refractivity contribution in [2.75, 3.05) is 46.9 Å². The molecule has 1 aliphatic heterocycles. The molecule has 3 rings (SSSR count). The minimum absolute atomic E-state index is 0.287. The zero-order chi connectivity index (χ0) is 17.5.